The van der Waals surface area contributed by atoms with Crippen LogP contribution in [0.5, 0.6) is 0 Å². The highest BCUT2D eigenvalue weighted by atomic mass is 16.2. The van der Waals surface area contributed by atoms with Crippen LogP contribution in [0.1, 0.15) is 40.0 Å². The van der Waals surface area contributed by atoms with Gasteiger partial charge >= 0.3 is 0 Å². The van der Waals surface area contributed by atoms with Gasteiger partial charge in [-0.05, 0) is 50.6 Å². The molecule has 0 spiro atoms. The van der Waals surface area contributed by atoms with E-state index in [-0.39, 0.29) is 17.9 Å². The minimum Gasteiger partial charge on any atom is -0.351 e. The summed E-state index contributed by atoms with van der Waals surface area (Å²) in [6, 6.07) is 9.09. The number of carbonyl (C=O) groups is 2. The fourth-order valence-electron chi connectivity index (χ4n) is 3.05. The Bertz CT molecular complexity index is 972. The second-order valence-electron chi connectivity index (χ2n) is 6.87. The van der Waals surface area contributed by atoms with E-state index in [2.05, 4.69) is 15.3 Å². The summed E-state index contributed by atoms with van der Waals surface area (Å²) in [6.07, 6.45) is 2.51. The van der Waals surface area contributed by atoms with Crippen LogP contribution in [0.4, 0.5) is 0 Å². The monoisotopic (exact) mass is 367 g/mol. The topological polar surface area (TPSA) is 83.0 Å². The van der Waals surface area contributed by atoms with Gasteiger partial charge in [-0.2, -0.15) is 0 Å². The smallest absolute Gasteiger partial charge is 0.267 e. The molecule has 0 saturated carbocycles. The Morgan fingerprint density at radius 2 is 2.11 bits per heavy atom. The van der Waals surface area contributed by atoms with Crippen molar-refractivity contribution in [1.29, 1.82) is 0 Å². The number of hydrogen-bond acceptors (Lipinski definition) is 3. The predicted molar refractivity (Wildman–Crippen MR) is 105 cm³/mol. The molecule has 1 aromatic carbocycles. The third-order valence-corrected chi connectivity index (χ3v) is 4.85. The van der Waals surface area contributed by atoms with Crippen molar-refractivity contribution in [3.63, 3.8) is 0 Å². The average molecular weight is 367 g/mol. The van der Waals surface area contributed by atoms with Crippen molar-refractivity contribution in [2.24, 2.45) is 7.05 Å². The molecule has 0 saturated heterocycles. The molecule has 7 nitrogen and oxygen atoms in total. The third-order valence-electron chi connectivity index (χ3n) is 4.85. The largest absolute Gasteiger partial charge is 0.351 e. The number of benzene rings is 1. The molecular weight excluding hydrogens is 342 g/mol. The number of imidazole rings is 1. The van der Waals surface area contributed by atoms with Crippen LogP contribution in [-0.4, -0.2) is 50.9 Å². The van der Waals surface area contributed by atoms with Gasteiger partial charge in [0, 0.05) is 38.4 Å². The van der Waals surface area contributed by atoms with Crippen molar-refractivity contribution in [3.05, 3.63) is 53.6 Å². The van der Waals surface area contributed by atoms with Gasteiger partial charge in [0.15, 0.2) is 0 Å². The van der Waals surface area contributed by atoms with E-state index in [1.807, 2.05) is 45.3 Å². The number of aryl methyl sites for hydroxylation is 2. The van der Waals surface area contributed by atoms with Gasteiger partial charge in [0.25, 0.3) is 11.8 Å². The predicted octanol–water partition coefficient (Wildman–Crippen LogP) is 2.49. The van der Waals surface area contributed by atoms with E-state index in [0.717, 1.165) is 16.9 Å². The van der Waals surface area contributed by atoms with Crippen LogP contribution < -0.4 is 5.32 Å². The van der Waals surface area contributed by atoms with Gasteiger partial charge in [-0.15, -0.1) is 0 Å². The van der Waals surface area contributed by atoms with Crippen LogP contribution in [0.2, 0.25) is 0 Å². The fourth-order valence-corrected chi connectivity index (χ4v) is 3.05. The zero-order chi connectivity index (χ0) is 19.6. The lowest BCUT2D eigenvalue weighted by molar-refractivity contribution is 0.0737. The first-order valence-electron chi connectivity index (χ1n) is 9.00. The molecule has 2 heterocycles. The molecule has 0 aliphatic rings. The van der Waals surface area contributed by atoms with Gasteiger partial charge in [0.1, 0.15) is 11.5 Å². The molecular formula is C20H25N5O2. The number of amides is 2. The second-order valence-corrected chi connectivity index (χ2v) is 6.87. The molecule has 3 rings (SSSR count). The number of hydrogen-bond donors (Lipinski definition) is 2. The Balaban J connectivity index is 1.57. The highest BCUT2D eigenvalue weighted by Crippen LogP contribution is 2.16. The van der Waals surface area contributed by atoms with Gasteiger partial charge < -0.3 is 19.8 Å². The maximum absolute atomic E-state index is 12.8. The Morgan fingerprint density at radius 1 is 1.33 bits per heavy atom. The molecule has 1 unspecified atom stereocenters. The Morgan fingerprint density at radius 3 is 2.81 bits per heavy atom. The van der Waals surface area contributed by atoms with E-state index < -0.39 is 0 Å². The zero-order valence-corrected chi connectivity index (χ0v) is 16.1. The fraction of sp³-hybridized carbons (Fsp3) is 0.350. The van der Waals surface area contributed by atoms with E-state index in [0.29, 0.717) is 24.2 Å². The molecule has 0 aliphatic carbocycles. The summed E-state index contributed by atoms with van der Waals surface area (Å²) in [7, 11) is 3.62. The minimum atomic E-state index is -0.108. The van der Waals surface area contributed by atoms with Crippen molar-refractivity contribution >= 4 is 22.8 Å². The van der Waals surface area contributed by atoms with E-state index >= 15 is 0 Å². The second kappa shape index (κ2) is 7.65. The number of rotatable bonds is 6. The number of H-pyrrole nitrogens is 1. The van der Waals surface area contributed by atoms with Crippen LogP contribution in [0.3, 0.4) is 0 Å². The lowest BCUT2D eigenvalue weighted by Gasteiger charge is -2.25. The first-order chi connectivity index (χ1) is 12.9. The summed E-state index contributed by atoms with van der Waals surface area (Å²) >= 11 is 0. The van der Waals surface area contributed by atoms with Gasteiger partial charge in [0.05, 0.1) is 11.0 Å². The Kier molecular flexibility index (Phi) is 5.30. The maximum atomic E-state index is 12.8. The van der Waals surface area contributed by atoms with E-state index in [1.165, 1.54) is 0 Å². The van der Waals surface area contributed by atoms with Gasteiger partial charge in [-0.1, -0.05) is 0 Å². The quantitative estimate of drug-likeness (QED) is 0.702. The van der Waals surface area contributed by atoms with Crippen LogP contribution in [0, 0.1) is 6.92 Å². The molecule has 142 valence electrons. The molecule has 0 radical (unpaired) electrons. The molecule has 27 heavy (non-hydrogen) atoms. The molecule has 1 atom stereocenters. The van der Waals surface area contributed by atoms with Gasteiger partial charge in [-0.3, -0.25) is 9.59 Å². The highest BCUT2D eigenvalue weighted by molar-refractivity contribution is 5.97. The van der Waals surface area contributed by atoms with Crippen molar-refractivity contribution < 1.29 is 9.59 Å². The number of aromatic nitrogens is 3. The van der Waals surface area contributed by atoms with Crippen molar-refractivity contribution in [1.82, 2.24) is 24.8 Å². The van der Waals surface area contributed by atoms with Crippen LogP contribution in [-0.2, 0) is 7.05 Å². The Labute approximate surface area is 158 Å². The number of nitrogens with one attached hydrogen (secondary N) is 2. The van der Waals surface area contributed by atoms with Crippen LogP contribution in [0.15, 0.2) is 36.5 Å². The Hall–Kier alpha value is -3.09. The summed E-state index contributed by atoms with van der Waals surface area (Å²) in [5.41, 5.74) is 2.95. The van der Waals surface area contributed by atoms with Crippen molar-refractivity contribution in [2.45, 2.75) is 26.3 Å². The molecule has 0 aliphatic heterocycles. The zero-order valence-electron chi connectivity index (χ0n) is 16.1. The lowest BCUT2D eigenvalue weighted by atomic mass is 10.1. The third kappa shape index (κ3) is 4.02. The molecule has 3 aromatic rings. The number of carbonyl (C=O) groups excluding carboxylic acids is 2. The SMILES string of the molecule is Cc1nc2ccc(C(=O)N(C)C(C)CCNC(=O)c3cccn3C)cc2[nH]1. The first-order valence-corrected chi connectivity index (χ1v) is 9.00. The van der Waals surface area contributed by atoms with E-state index in [9.17, 15) is 9.59 Å². The summed E-state index contributed by atoms with van der Waals surface area (Å²) in [4.78, 5) is 34.1. The molecule has 7 heteroatoms. The van der Waals surface area contributed by atoms with Gasteiger partial charge in [-0.25, -0.2) is 4.98 Å². The number of aromatic amines is 1. The highest BCUT2D eigenvalue weighted by Gasteiger charge is 2.18. The summed E-state index contributed by atoms with van der Waals surface area (Å²) < 4.78 is 1.78. The lowest BCUT2D eigenvalue weighted by Crippen LogP contribution is -2.38. The summed E-state index contributed by atoms with van der Waals surface area (Å²) in [5.74, 6) is 0.666. The minimum absolute atomic E-state index is 0.00888. The molecule has 0 bridgehead atoms. The first kappa shape index (κ1) is 18.7. The van der Waals surface area contributed by atoms with E-state index in [1.54, 1.807) is 28.6 Å². The van der Waals surface area contributed by atoms with Crippen molar-refractivity contribution in [3.8, 4) is 0 Å². The number of nitrogens with zero attached hydrogens (tertiary/aromatic N) is 3. The summed E-state index contributed by atoms with van der Waals surface area (Å²) in [5, 5.41) is 2.91. The number of fused-ring (bicyclic) bond motifs is 1. The standard InChI is InChI=1S/C20H25N5O2/c1-13(9-10-21-19(26)18-6-5-11-24(18)3)25(4)20(27)15-7-8-16-17(12-15)23-14(2)22-16/h5-8,11-13H,9-10H2,1-4H3,(H,21,26)(H,22,23). The molecule has 2 amide bonds. The van der Waals surface area contributed by atoms with Gasteiger partial charge in [0.2, 0.25) is 0 Å². The molecule has 2 N–H and O–H groups in total. The normalized spacial score (nSPS) is 12.1. The van der Waals surface area contributed by atoms with Crippen LogP contribution in [0.25, 0.3) is 11.0 Å². The van der Waals surface area contributed by atoms with Crippen LogP contribution >= 0.6 is 0 Å². The molecule has 0 fully saturated rings. The van der Waals surface area contributed by atoms with Crippen molar-refractivity contribution in [2.75, 3.05) is 13.6 Å². The maximum Gasteiger partial charge on any atom is 0.267 e. The average Bonchev–Trinajstić information content (AvgIpc) is 3.23. The summed E-state index contributed by atoms with van der Waals surface area (Å²) in [6.45, 7) is 4.37. The van der Waals surface area contributed by atoms with E-state index in [4.69, 9.17) is 0 Å². The molecule has 2 aromatic heterocycles.